The fourth-order valence-electron chi connectivity index (χ4n) is 2.46. The molecule has 1 aromatic heterocycles. The molecule has 2 rings (SSSR count). The molecule has 22 heavy (non-hydrogen) atoms. The highest BCUT2D eigenvalue weighted by Crippen LogP contribution is 2.22. The molecule has 7 nitrogen and oxygen atoms in total. The summed E-state index contributed by atoms with van der Waals surface area (Å²) < 4.78 is 4.91. The van der Waals surface area contributed by atoms with Crippen molar-refractivity contribution in [1.29, 1.82) is 0 Å². The molecule has 1 aliphatic rings. The number of carbonyl (C=O) groups excluding carboxylic acids is 2. The van der Waals surface area contributed by atoms with Crippen molar-refractivity contribution < 1.29 is 14.1 Å². The van der Waals surface area contributed by atoms with Crippen LogP contribution < -0.4 is 5.32 Å². The first-order chi connectivity index (χ1) is 10.3. The summed E-state index contributed by atoms with van der Waals surface area (Å²) in [5, 5.41) is 6.36. The highest BCUT2D eigenvalue weighted by Gasteiger charge is 2.40. The molecule has 1 fully saturated rings. The van der Waals surface area contributed by atoms with Crippen molar-refractivity contribution in [3.05, 3.63) is 11.8 Å². The van der Waals surface area contributed by atoms with Gasteiger partial charge in [0, 0.05) is 32.2 Å². The van der Waals surface area contributed by atoms with E-state index in [1.54, 1.807) is 31.7 Å². The number of carbonyl (C=O) groups is 2. The molecule has 0 aromatic carbocycles. The van der Waals surface area contributed by atoms with Gasteiger partial charge < -0.3 is 19.6 Å². The van der Waals surface area contributed by atoms with Crippen LogP contribution in [0, 0.1) is 12.3 Å². The van der Waals surface area contributed by atoms with Crippen LogP contribution in [0.4, 0.5) is 5.82 Å². The van der Waals surface area contributed by atoms with E-state index in [1.807, 2.05) is 0 Å². The average molecular weight is 308 g/mol. The van der Waals surface area contributed by atoms with Gasteiger partial charge in [0.15, 0.2) is 5.82 Å². The molecule has 122 valence electrons. The third kappa shape index (κ3) is 3.47. The molecule has 1 aliphatic heterocycles. The molecular weight excluding hydrogens is 284 g/mol. The van der Waals surface area contributed by atoms with E-state index in [-0.39, 0.29) is 11.8 Å². The minimum absolute atomic E-state index is 0.152. The maximum Gasteiger partial charge on any atom is 0.240 e. The molecule has 0 unspecified atom stereocenters. The predicted molar refractivity (Wildman–Crippen MR) is 82.3 cm³/mol. The van der Waals surface area contributed by atoms with E-state index < -0.39 is 5.41 Å². The first-order valence-corrected chi connectivity index (χ1v) is 7.61. The van der Waals surface area contributed by atoms with Gasteiger partial charge in [-0.05, 0) is 27.3 Å². The SMILES string of the molecule is CCN1CCN(C(=O)C(C)(C)C(=O)Nc2cc(C)on2)CC1. The number of aryl methyl sites for hydroxylation is 1. The van der Waals surface area contributed by atoms with Crippen LogP contribution in [-0.4, -0.2) is 59.5 Å². The van der Waals surface area contributed by atoms with Gasteiger partial charge >= 0.3 is 0 Å². The number of hydrogen-bond acceptors (Lipinski definition) is 5. The number of amides is 2. The number of nitrogens with zero attached hydrogens (tertiary/aromatic N) is 3. The van der Waals surface area contributed by atoms with Crippen LogP contribution in [0.2, 0.25) is 0 Å². The van der Waals surface area contributed by atoms with Crippen LogP contribution in [0.15, 0.2) is 10.6 Å². The number of nitrogens with one attached hydrogen (secondary N) is 1. The molecule has 1 aromatic rings. The first-order valence-electron chi connectivity index (χ1n) is 7.61. The van der Waals surface area contributed by atoms with Crippen molar-refractivity contribution >= 4 is 17.6 Å². The zero-order valence-electron chi connectivity index (χ0n) is 13.7. The lowest BCUT2D eigenvalue weighted by atomic mass is 9.90. The van der Waals surface area contributed by atoms with Gasteiger partial charge in [0.25, 0.3) is 0 Å². The van der Waals surface area contributed by atoms with Gasteiger partial charge in [-0.2, -0.15) is 0 Å². The summed E-state index contributed by atoms with van der Waals surface area (Å²) >= 11 is 0. The van der Waals surface area contributed by atoms with Gasteiger partial charge in [-0.25, -0.2) is 0 Å². The fourth-order valence-corrected chi connectivity index (χ4v) is 2.46. The van der Waals surface area contributed by atoms with Crippen LogP contribution in [0.5, 0.6) is 0 Å². The Labute approximate surface area is 130 Å². The van der Waals surface area contributed by atoms with Gasteiger partial charge in [0.2, 0.25) is 11.8 Å². The van der Waals surface area contributed by atoms with Crippen molar-refractivity contribution in [2.24, 2.45) is 5.41 Å². The van der Waals surface area contributed by atoms with Crippen molar-refractivity contribution in [1.82, 2.24) is 15.0 Å². The highest BCUT2D eigenvalue weighted by atomic mass is 16.5. The molecule has 0 spiro atoms. The lowest BCUT2D eigenvalue weighted by Crippen LogP contribution is -2.54. The van der Waals surface area contributed by atoms with Crippen molar-refractivity contribution in [2.45, 2.75) is 27.7 Å². The summed E-state index contributed by atoms with van der Waals surface area (Å²) in [5.41, 5.74) is -1.14. The molecular formula is C15H24N4O3. The largest absolute Gasteiger partial charge is 0.360 e. The fraction of sp³-hybridized carbons (Fsp3) is 0.667. The minimum Gasteiger partial charge on any atom is -0.360 e. The van der Waals surface area contributed by atoms with Gasteiger partial charge in [-0.3, -0.25) is 9.59 Å². The standard InChI is InChI=1S/C15H24N4O3/c1-5-18-6-8-19(9-7-18)14(21)15(3,4)13(20)16-12-10-11(2)22-17-12/h10H,5-9H2,1-4H3,(H,16,17,20). The Bertz CT molecular complexity index is 545. The minimum atomic E-state index is -1.14. The van der Waals surface area contributed by atoms with Gasteiger partial charge in [0.05, 0.1) is 0 Å². The van der Waals surface area contributed by atoms with Crippen molar-refractivity contribution in [3.8, 4) is 0 Å². The third-order valence-electron chi connectivity index (χ3n) is 4.08. The lowest BCUT2D eigenvalue weighted by molar-refractivity contribution is -0.147. The summed E-state index contributed by atoms with van der Waals surface area (Å²) in [5.74, 6) is 0.416. The summed E-state index contributed by atoms with van der Waals surface area (Å²) in [4.78, 5) is 29.1. The molecule has 0 bridgehead atoms. The van der Waals surface area contributed by atoms with E-state index in [1.165, 1.54) is 0 Å². The second kappa shape index (κ2) is 6.48. The summed E-state index contributed by atoms with van der Waals surface area (Å²) in [6.07, 6.45) is 0. The third-order valence-corrected chi connectivity index (χ3v) is 4.08. The highest BCUT2D eigenvalue weighted by molar-refractivity contribution is 6.09. The Morgan fingerprint density at radius 2 is 1.95 bits per heavy atom. The molecule has 2 heterocycles. The van der Waals surface area contributed by atoms with E-state index in [0.717, 1.165) is 19.6 Å². The predicted octanol–water partition coefficient (Wildman–Crippen LogP) is 1.11. The number of rotatable bonds is 4. The second-order valence-electron chi connectivity index (χ2n) is 6.13. The Kier molecular flexibility index (Phi) is 4.85. The Morgan fingerprint density at radius 3 is 2.45 bits per heavy atom. The average Bonchev–Trinajstić information content (AvgIpc) is 2.91. The molecule has 2 amide bonds. The van der Waals surface area contributed by atoms with Crippen LogP contribution >= 0.6 is 0 Å². The van der Waals surface area contributed by atoms with E-state index in [2.05, 4.69) is 22.3 Å². The number of aromatic nitrogens is 1. The summed E-state index contributed by atoms with van der Waals surface area (Å²) in [7, 11) is 0. The molecule has 7 heteroatoms. The molecule has 1 saturated heterocycles. The van der Waals surface area contributed by atoms with Crippen LogP contribution in [-0.2, 0) is 9.59 Å². The van der Waals surface area contributed by atoms with E-state index in [4.69, 9.17) is 4.52 Å². The van der Waals surface area contributed by atoms with Gasteiger partial charge in [0.1, 0.15) is 11.2 Å². The lowest BCUT2D eigenvalue weighted by Gasteiger charge is -2.37. The van der Waals surface area contributed by atoms with E-state index in [9.17, 15) is 9.59 Å². The molecule has 0 atom stereocenters. The molecule has 0 aliphatic carbocycles. The van der Waals surface area contributed by atoms with Crippen molar-refractivity contribution in [2.75, 3.05) is 38.0 Å². The second-order valence-corrected chi connectivity index (χ2v) is 6.13. The quantitative estimate of drug-likeness (QED) is 0.843. The number of hydrogen-bond donors (Lipinski definition) is 1. The Hall–Kier alpha value is -1.89. The van der Waals surface area contributed by atoms with Gasteiger partial charge in [-0.1, -0.05) is 12.1 Å². The molecule has 0 saturated carbocycles. The van der Waals surface area contributed by atoms with Crippen LogP contribution in [0.3, 0.4) is 0 Å². The van der Waals surface area contributed by atoms with E-state index in [0.29, 0.717) is 24.7 Å². The molecule has 0 radical (unpaired) electrons. The van der Waals surface area contributed by atoms with Gasteiger partial charge in [-0.15, -0.1) is 0 Å². The zero-order valence-corrected chi connectivity index (χ0v) is 13.7. The summed E-state index contributed by atoms with van der Waals surface area (Å²) in [6, 6.07) is 1.62. The first kappa shape index (κ1) is 16.5. The Balaban J connectivity index is 1.99. The number of likely N-dealkylation sites (N-methyl/N-ethyl adjacent to an activating group) is 1. The zero-order chi connectivity index (χ0) is 16.3. The van der Waals surface area contributed by atoms with Crippen molar-refractivity contribution in [3.63, 3.8) is 0 Å². The normalized spacial score (nSPS) is 16.6. The monoisotopic (exact) mass is 308 g/mol. The molecule has 1 N–H and O–H groups in total. The van der Waals surface area contributed by atoms with Crippen LogP contribution in [0.1, 0.15) is 26.5 Å². The van der Waals surface area contributed by atoms with Crippen LogP contribution in [0.25, 0.3) is 0 Å². The smallest absolute Gasteiger partial charge is 0.240 e. The summed E-state index contributed by atoms with van der Waals surface area (Å²) in [6.45, 7) is 11.1. The van der Waals surface area contributed by atoms with E-state index >= 15 is 0 Å². The number of anilines is 1. The number of piperazine rings is 1. The Morgan fingerprint density at radius 1 is 1.32 bits per heavy atom. The maximum atomic E-state index is 12.7. The topological polar surface area (TPSA) is 78.7 Å². The maximum absolute atomic E-state index is 12.7.